The minimum atomic E-state index is -0.00149. The number of amides is 1. The predicted molar refractivity (Wildman–Crippen MR) is 106 cm³/mol. The monoisotopic (exact) mass is 383 g/mol. The predicted octanol–water partition coefficient (Wildman–Crippen LogP) is 2.78. The van der Waals surface area contributed by atoms with E-state index >= 15 is 0 Å². The number of hydrogen-bond acceptors (Lipinski definition) is 4. The zero-order valence-electron chi connectivity index (χ0n) is 15.1. The highest BCUT2D eigenvalue weighted by Gasteiger charge is 2.28. The average molecular weight is 384 g/mol. The molecular formula is C20H22ClN5O. The average Bonchev–Trinajstić information content (AvgIpc) is 3.14. The van der Waals surface area contributed by atoms with Crippen molar-refractivity contribution >= 4 is 18.3 Å². The highest BCUT2D eigenvalue weighted by atomic mass is 35.5. The van der Waals surface area contributed by atoms with E-state index in [4.69, 9.17) is 0 Å². The van der Waals surface area contributed by atoms with E-state index in [0.717, 1.165) is 30.0 Å². The molecule has 1 fully saturated rings. The third-order valence-electron chi connectivity index (χ3n) is 4.67. The zero-order valence-corrected chi connectivity index (χ0v) is 15.9. The lowest BCUT2D eigenvalue weighted by Crippen LogP contribution is -2.48. The van der Waals surface area contributed by atoms with Gasteiger partial charge in [0.15, 0.2) is 0 Å². The van der Waals surface area contributed by atoms with Crippen molar-refractivity contribution in [3.05, 3.63) is 77.9 Å². The second-order valence-electron chi connectivity index (χ2n) is 6.45. The zero-order chi connectivity index (χ0) is 17.9. The molecule has 6 nitrogen and oxygen atoms in total. The molecule has 1 aliphatic rings. The van der Waals surface area contributed by atoms with E-state index in [-0.39, 0.29) is 24.4 Å². The lowest BCUT2D eigenvalue weighted by atomic mass is 10.0. The molecule has 2 aromatic heterocycles. The number of nitrogens with one attached hydrogen (secondary N) is 1. The van der Waals surface area contributed by atoms with Gasteiger partial charge in [-0.1, -0.05) is 6.07 Å². The molecule has 0 spiro atoms. The molecule has 1 aromatic carbocycles. The van der Waals surface area contributed by atoms with Gasteiger partial charge in [0.2, 0.25) is 0 Å². The Kier molecular flexibility index (Phi) is 5.88. The first-order chi connectivity index (χ1) is 12.7. The highest BCUT2D eigenvalue weighted by Crippen LogP contribution is 2.24. The van der Waals surface area contributed by atoms with E-state index in [1.165, 1.54) is 0 Å². The van der Waals surface area contributed by atoms with E-state index in [1.807, 2.05) is 71.4 Å². The Labute approximate surface area is 164 Å². The molecule has 1 aliphatic heterocycles. The second kappa shape index (κ2) is 8.33. The molecule has 27 heavy (non-hydrogen) atoms. The van der Waals surface area contributed by atoms with E-state index < -0.39 is 0 Å². The van der Waals surface area contributed by atoms with E-state index in [9.17, 15) is 4.79 Å². The molecule has 0 aliphatic carbocycles. The quantitative estimate of drug-likeness (QED) is 0.755. The van der Waals surface area contributed by atoms with Crippen LogP contribution >= 0.6 is 12.4 Å². The Morgan fingerprint density at radius 3 is 2.67 bits per heavy atom. The third kappa shape index (κ3) is 4.02. The van der Waals surface area contributed by atoms with Gasteiger partial charge in [0, 0.05) is 43.8 Å². The first kappa shape index (κ1) is 19.1. The van der Waals surface area contributed by atoms with Crippen LogP contribution < -0.4 is 5.32 Å². The van der Waals surface area contributed by atoms with Crippen molar-refractivity contribution in [2.45, 2.75) is 13.0 Å². The maximum absolute atomic E-state index is 13.1. The number of aryl methyl sites for hydroxylation is 1. The summed E-state index contributed by atoms with van der Waals surface area (Å²) in [5.41, 5.74) is 3.65. The number of carbonyl (C=O) groups is 1. The Bertz CT molecular complexity index is 894. The maximum atomic E-state index is 13.1. The number of rotatable bonds is 3. The van der Waals surface area contributed by atoms with Gasteiger partial charge in [0.25, 0.3) is 5.91 Å². The van der Waals surface area contributed by atoms with Gasteiger partial charge in [0.05, 0.1) is 17.4 Å². The number of halogens is 1. The molecule has 1 saturated heterocycles. The number of aromatic nitrogens is 3. The Balaban J connectivity index is 0.00000210. The van der Waals surface area contributed by atoms with Gasteiger partial charge in [0.1, 0.15) is 0 Å². The maximum Gasteiger partial charge on any atom is 0.254 e. The minimum absolute atomic E-state index is 0. The van der Waals surface area contributed by atoms with E-state index in [0.29, 0.717) is 12.1 Å². The summed E-state index contributed by atoms with van der Waals surface area (Å²) in [5, 5.41) is 7.77. The molecular weight excluding hydrogens is 362 g/mol. The topological polar surface area (TPSA) is 63.1 Å². The van der Waals surface area contributed by atoms with E-state index in [2.05, 4.69) is 15.4 Å². The molecule has 1 N–H and O–H groups in total. The number of nitrogens with zero attached hydrogens (tertiary/aromatic N) is 4. The van der Waals surface area contributed by atoms with Crippen LogP contribution in [0.2, 0.25) is 0 Å². The van der Waals surface area contributed by atoms with Gasteiger partial charge in [-0.05, 0) is 48.9 Å². The summed E-state index contributed by atoms with van der Waals surface area (Å²) in [5.74, 6) is 0.0450. The first-order valence-electron chi connectivity index (χ1n) is 8.77. The minimum Gasteiger partial charge on any atom is -0.329 e. The number of pyridine rings is 1. The Hall–Kier alpha value is -2.70. The molecule has 1 unspecified atom stereocenters. The molecule has 7 heteroatoms. The standard InChI is InChI=1S/C20H21N5O.ClH/c1-15-8-11-25(23-15)18-6-4-16(5-7-18)20(26)24-12-10-22-14-19(24)17-3-2-9-21-13-17;/h2-9,11,13,19,22H,10,12,14H2,1H3;1H. The van der Waals surface area contributed by atoms with Crippen molar-refractivity contribution in [2.24, 2.45) is 0 Å². The largest absolute Gasteiger partial charge is 0.329 e. The van der Waals surface area contributed by atoms with Gasteiger partial charge in [-0.3, -0.25) is 9.78 Å². The SMILES string of the molecule is Cc1ccn(-c2ccc(C(=O)N3CCNCC3c3cccnc3)cc2)n1.Cl. The summed E-state index contributed by atoms with van der Waals surface area (Å²) in [4.78, 5) is 19.2. The van der Waals surface area contributed by atoms with Crippen molar-refractivity contribution < 1.29 is 4.79 Å². The Morgan fingerprint density at radius 2 is 2.00 bits per heavy atom. The van der Waals surface area contributed by atoms with E-state index in [1.54, 1.807) is 6.20 Å². The number of hydrogen-bond donors (Lipinski definition) is 1. The van der Waals surface area contributed by atoms with Crippen molar-refractivity contribution in [2.75, 3.05) is 19.6 Å². The van der Waals surface area contributed by atoms with Gasteiger partial charge >= 0.3 is 0 Å². The summed E-state index contributed by atoms with van der Waals surface area (Å²) in [7, 11) is 0. The molecule has 140 valence electrons. The fourth-order valence-corrected chi connectivity index (χ4v) is 3.30. The molecule has 0 bridgehead atoms. The van der Waals surface area contributed by atoms with Gasteiger partial charge in [-0.2, -0.15) is 5.10 Å². The number of piperazine rings is 1. The summed E-state index contributed by atoms with van der Waals surface area (Å²) in [6, 6.07) is 13.5. The normalized spacial score (nSPS) is 16.6. The van der Waals surface area contributed by atoms with Crippen molar-refractivity contribution in [1.29, 1.82) is 0 Å². The van der Waals surface area contributed by atoms with Crippen LogP contribution in [0.15, 0.2) is 61.1 Å². The van der Waals surface area contributed by atoms with Crippen LogP contribution in [0.1, 0.15) is 27.7 Å². The third-order valence-corrected chi connectivity index (χ3v) is 4.67. The van der Waals surface area contributed by atoms with Gasteiger partial charge in [-0.25, -0.2) is 4.68 Å². The van der Waals surface area contributed by atoms with Crippen molar-refractivity contribution in [3.63, 3.8) is 0 Å². The lowest BCUT2D eigenvalue weighted by molar-refractivity contribution is 0.0634. The van der Waals surface area contributed by atoms with Crippen LogP contribution in [0.4, 0.5) is 0 Å². The van der Waals surface area contributed by atoms with Crippen LogP contribution in [-0.4, -0.2) is 45.2 Å². The Morgan fingerprint density at radius 1 is 1.19 bits per heavy atom. The summed E-state index contributed by atoms with van der Waals surface area (Å²) >= 11 is 0. The van der Waals surface area contributed by atoms with Crippen molar-refractivity contribution in [1.82, 2.24) is 25.0 Å². The molecule has 0 radical (unpaired) electrons. The highest BCUT2D eigenvalue weighted by molar-refractivity contribution is 5.94. The van der Waals surface area contributed by atoms with Crippen LogP contribution in [0, 0.1) is 6.92 Å². The fraction of sp³-hybridized carbons (Fsp3) is 0.250. The van der Waals surface area contributed by atoms with Crippen LogP contribution in [0.25, 0.3) is 5.69 Å². The van der Waals surface area contributed by atoms with Crippen LogP contribution in [0.5, 0.6) is 0 Å². The van der Waals surface area contributed by atoms with Gasteiger partial charge < -0.3 is 10.2 Å². The first-order valence-corrected chi connectivity index (χ1v) is 8.77. The molecule has 3 heterocycles. The summed E-state index contributed by atoms with van der Waals surface area (Å²) in [6.45, 7) is 4.17. The number of carbonyl (C=O) groups excluding carboxylic acids is 1. The summed E-state index contributed by atoms with van der Waals surface area (Å²) in [6.07, 6.45) is 5.50. The van der Waals surface area contributed by atoms with Crippen LogP contribution in [-0.2, 0) is 0 Å². The molecule has 3 aromatic rings. The number of benzene rings is 1. The second-order valence-corrected chi connectivity index (χ2v) is 6.45. The van der Waals surface area contributed by atoms with Crippen LogP contribution in [0.3, 0.4) is 0 Å². The molecule has 1 amide bonds. The fourth-order valence-electron chi connectivity index (χ4n) is 3.30. The van der Waals surface area contributed by atoms with Gasteiger partial charge in [-0.15, -0.1) is 12.4 Å². The summed E-state index contributed by atoms with van der Waals surface area (Å²) < 4.78 is 1.81. The lowest BCUT2D eigenvalue weighted by Gasteiger charge is -2.36. The smallest absolute Gasteiger partial charge is 0.254 e. The van der Waals surface area contributed by atoms with Crippen molar-refractivity contribution in [3.8, 4) is 5.69 Å². The molecule has 0 saturated carbocycles. The molecule has 4 rings (SSSR count). The molecule has 1 atom stereocenters.